The van der Waals surface area contributed by atoms with Crippen LogP contribution in [0.5, 0.6) is 0 Å². The quantitative estimate of drug-likeness (QED) is 0.423. The molecule has 2 heterocycles. The first-order valence-corrected chi connectivity index (χ1v) is 9.62. The number of para-hydroxylation sites is 1. The Hall–Kier alpha value is -3.59. The number of aromatic nitrogens is 2. The lowest BCUT2D eigenvalue weighted by molar-refractivity contribution is -0.238. The molecule has 0 radical (unpaired) electrons. The molecular weight excluding hydrogens is 433 g/mol. The van der Waals surface area contributed by atoms with Gasteiger partial charge in [-0.15, -0.1) is 5.06 Å². The number of aryl methyl sites for hydroxylation is 1. The molecule has 1 aliphatic rings. The largest absolute Gasteiger partial charge is 0.493 e. The number of carbonyl (C=O) groups is 3. The fraction of sp³-hybridized carbons (Fsp3) is 0.400. The number of fused-ring (bicyclic) bond motifs is 1. The van der Waals surface area contributed by atoms with Crippen LogP contribution in [0.4, 0.5) is 13.2 Å². The molecule has 1 fully saturated rings. The number of amides is 2. The molecule has 12 heteroatoms. The smallest absolute Gasteiger partial charge is 0.330 e. The number of hydrogen-bond donors (Lipinski definition) is 1. The van der Waals surface area contributed by atoms with E-state index in [2.05, 4.69) is 16.7 Å². The molecule has 170 valence electrons. The molecule has 1 saturated heterocycles. The highest BCUT2D eigenvalue weighted by Gasteiger charge is 2.47. The molecule has 1 aromatic carbocycles. The van der Waals surface area contributed by atoms with E-state index in [4.69, 9.17) is 5.73 Å². The third-order valence-electron chi connectivity index (χ3n) is 4.89. The Morgan fingerprint density at radius 2 is 2.00 bits per heavy atom. The van der Waals surface area contributed by atoms with Crippen LogP contribution < -0.4 is 11.4 Å². The maximum atomic E-state index is 12.9. The minimum Gasteiger partial charge on any atom is -0.330 e. The number of nitrogens with two attached hydrogens (primary N) is 1. The molecule has 9 nitrogen and oxygen atoms in total. The van der Waals surface area contributed by atoms with E-state index in [0.29, 0.717) is 36.0 Å². The number of unbranched alkanes of at least 4 members (excludes halogenated alkanes) is 1. The van der Waals surface area contributed by atoms with Crippen molar-refractivity contribution in [2.75, 3.05) is 6.54 Å². The third-order valence-corrected chi connectivity index (χ3v) is 4.89. The number of carbonyl (C=O) groups excluding carboxylic acids is 3. The monoisotopic (exact) mass is 452 g/mol. The molecule has 2 aromatic rings. The van der Waals surface area contributed by atoms with Gasteiger partial charge in [0.1, 0.15) is 6.04 Å². The zero-order chi connectivity index (χ0) is 23.6. The number of imide groups is 1. The Morgan fingerprint density at radius 3 is 2.66 bits per heavy atom. The zero-order valence-electron chi connectivity index (χ0n) is 16.9. The van der Waals surface area contributed by atoms with Crippen LogP contribution in [-0.4, -0.2) is 44.7 Å². The van der Waals surface area contributed by atoms with Gasteiger partial charge in [-0.25, -0.2) is 9.59 Å². The molecule has 0 aliphatic carbocycles. The van der Waals surface area contributed by atoms with E-state index in [1.165, 1.54) is 11.6 Å². The third kappa shape index (κ3) is 4.24. The molecule has 32 heavy (non-hydrogen) atoms. The van der Waals surface area contributed by atoms with Crippen molar-refractivity contribution in [3.05, 3.63) is 34.2 Å². The Bertz CT molecular complexity index is 1200. The summed E-state index contributed by atoms with van der Waals surface area (Å²) < 4.78 is 40.0. The van der Waals surface area contributed by atoms with Crippen molar-refractivity contribution in [3.8, 4) is 11.8 Å². The van der Waals surface area contributed by atoms with Crippen LogP contribution in [0.1, 0.15) is 37.3 Å². The van der Waals surface area contributed by atoms with Crippen LogP contribution in [0.3, 0.4) is 0 Å². The van der Waals surface area contributed by atoms with Crippen molar-refractivity contribution in [2.45, 2.75) is 37.9 Å². The van der Waals surface area contributed by atoms with Gasteiger partial charge in [0.05, 0.1) is 16.6 Å². The standard InChI is InChI=1S/C20H19F3N4O5/c1-25-16-12(6-3-2-4-11-24)7-5-8-13(16)26(19(25)31)14-9-10-15(28)27(17(14)29)32-18(30)20(21,22)23/h5,7-8,14H,2,4,9-11,24H2,1H3. The normalized spacial score (nSPS) is 16.8. The Labute approximate surface area is 179 Å². The summed E-state index contributed by atoms with van der Waals surface area (Å²) in [6.45, 7) is 0.478. The molecule has 2 amide bonds. The van der Waals surface area contributed by atoms with Gasteiger partial charge in [0.2, 0.25) is 0 Å². The van der Waals surface area contributed by atoms with Crippen molar-refractivity contribution in [2.24, 2.45) is 12.8 Å². The number of hydroxylamine groups is 2. The summed E-state index contributed by atoms with van der Waals surface area (Å²) in [5.74, 6) is 0.845. The molecule has 0 bridgehead atoms. The van der Waals surface area contributed by atoms with Gasteiger partial charge in [-0.2, -0.15) is 13.2 Å². The number of halogens is 3. The molecule has 2 N–H and O–H groups in total. The van der Waals surface area contributed by atoms with Crippen LogP contribution in [0, 0.1) is 11.8 Å². The molecule has 1 aliphatic heterocycles. The first-order chi connectivity index (χ1) is 15.1. The molecule has 0 spiro atoms. The maximum absolute atomic E-state index is 12.9. The lowest BCUT2D eigenvalue weighted by Crippen LogP contribution is -2.49. The predicted octanol–water partition coefficient (Wildman–Crippen LogP) is 1.14. The van der Waals surface area contributed by atoms with Crippen LogP contribution in [0.15, 0.2) is 23.0 Å². The fourth-order valence-corrected chi connectivity index (χ4v) is 3.40. The summed E-state index contributed by atoms with van der Waals surface area (Å²) in [4.78, 5) is 52.9. The molecule has 1 aromatic heterocycles. The first-order valence-electron chi connectivity index (χ1n) is 9.62. The SMILES string of the molecule is Cn1c(=O)n(C2CCC(=O)N(OC(=O)C(F)(F)F)C2=O)c2cccc(C#CCCCN)c21. The second kappa shape index (κ2) is 8.88. The molecule has 3 rings (SSSR count). The average Bonchev–Trinajstić information content (AvgIpc) is 2.99. The molecule has 1 atom stereocenters. The zero-order valence-corrected chi connectivity index (χ0v) is 16.9. The van der Waals surface area contributed by atoms with Gasteiger partial charge in [0, 0.05) is 19.9 Å². The predicted molar refractivity (Wildman–Crippen MR) is 105 cm³/mol. The summed E-state index contributed by atoms with van der Waals surface area (Å²) in [5.41, 5.74) is 6.05. The van der Waals surface area contributed by atoms with E-state index in [1.54, 1.807) is 18.2 Å². The maximum Gasteiger partial charge on any atom is 0.493 e. The van der Waals surface area contributed by atoms with Crippen molar-refractivity contribution in [1.82, 2.24) is 14.2 Å². The Balaban J connectivity index is 2.03. The average molecular weight is 452 g/mol. The number of nitrogens with zero attached hydrogens (tertiary/aromatic N) is 3. The van der Waals surface area contributed by atoms with E-state index in [1.807, 2.05) is 0 Å². The van der Waals surface area contributed by atoms with Crippen molar-refractivity contribution in [3.63, 3.8) is 0 Å². The first kappa shape index (κ1) is 23.1. The van der Waals surface area contributed by atoms with Gasteiger partial charge in [-0.1, -0.05) is 17.9 Å². The summed E-state index contributed by atoms with van der Waals surface area (Å²) in [6, 6.07) is 3.51. The van der Waals surface area contributed by atoms with Gasteiger partial charge < -0.3 is 10.6 Å². The lowest BCUT2D eigenvalue weighted by Gasteiger charge is -2.29. The highest BCUT2D eigenvalue weighted by molar-refractivity contribution is 6.00. The van der Waals surface area contributed by atoms with E-state index >= 15 is 0 Å². The minimum absolute atomic E-state index is 0.150. The topological polar surface area (TPSA) is 117 Å². The number of rotatable bonds is 4. The lowest BCUT2D eigenvalue weighted by atomic mass is 10.0. The van der Waals surface area contributed by atoms with E-state index in [9.17, 15) is 32.3 Å². The summed E-state index contributed by atoms with van der Waals surface area (Å²) >= 11 is 0. The highest BCUT2D eigenvalue weighted by Crippen LogP contribution is 2.29. The van der Waals surface area contributed by atoms with Crippen molar-refractivity contribution >= 4 is 28.8 Å². The van der Waals surface area contributed by atoms with Gasteiger partial charge in [-0.05, 0) is 31.5 Å². The Morgan fingerprint density at radius 1 is 1.28 bits per heavy atom. The summed E-state index contributed by atoms with van der Waals surface area (Å²) in [7, 11) is 1.46. The van der Waals surface area contributed by atoms with Crippen molar-refractivity contribution in [1.29, 1.82) is 0 Å². The molecular formula is C20H19F3N4O5. The molecule has 1 unspecified atom stereocenters. The van der Waals surface area contributed by atoms with Crippen LogP contribution in [0.25, 0.3) is 11.0 Å². The van der Waals surface area contributed by atoms with Gasteiger partial charge in [0.25, 0.3) is 11.8 Å². The fourth-order valence-electron chi connectivity index (χ4n) is 3.40. The van der Waals surface area contributed by atoms with Gasteiger partial charge in [0.15, 0.2) is 0 Å². The number of piperidine rings is 1. The summed E-state index contributed by atoms with van der Waals surface area (Å²) in [5, 5.41) is -0.217. The number of alkyl halides is 3. The second-order valence-electron chi connectivity index (χ2n) is 7.04. The van der Waals surface area contributed by atoms with Gasteiger partial charge in [-0.3, -0.25) is 18.7 Å². The second-order valence-corrected chi connectivity index (χ2v) is 7.04. The number of imidazole rings is 1. The van der Waals surface area contributed by atoms with Crippen LogP contribution in [-0.2, 0) is 26.3 Å². The van der Waals surface area contributed by atoms with E-state index < -0.39 is 42.1 Å². The van der Waals surface area contributed by atoms with Crippen LogP contribution >= 0.6 is 0 Å². The minimum atomic E-state index is -5.40. The highest BCUT2D eigenvalue weighted by atomic mass is 19.4. The van der Waals surface area contributed by atoms with Crippen molar-refractivity contribution < 1.29 is 32.4 Å². The van der Waals surface area contributed by atoms with Gasteiger partial charge >= 0.3 is 17.8 Å². The van der Waals surface area contributed by atoms with E-state index in [-0.39, 0.29) is 11.5 Å². The summed E-state index contributed by atoms with van der Waals surface area (Å²) in [6.07, 6.45) is -4.71. The van der Waals surface area contributed by atoms with Crippen LogP contribution in [0.2, 0.25) is 0 Å². The molecule has 0 saturated carbocycles. The number of benzene rings is 1. The van der Waals surface area contributed by atoms with E-state index in [0.717, 1.165) is 4.57 Å². The number of hydrogen-bond acceptors (Lipinski definition) is 6. The Kier molecular flexibility index (Phi) is 6.40.